The molecule has 1 aliphatic rings. The highest BCUT2D eigenvalue weighted by Crippen LogP contribution is 2.30. The Morgan fingerprint density at radius 2 is 1.86 bits per heavy atom. The predicted molar refractivity (Wildman–Crippen MR) is 108 cm³/mol. The lowest BCUT2D eigenvalue weighted by molar-refractivity contribution is 0.102. The van der Waals surface area contributed by atoms with Crippen LogP contribution in [0.2, 0.25) is 0 Å². The number of para-hydroxylation sites is 1. The van der Waals surface area contributed by atoms with E-state index in [-0.39, 0.29) is 24.7 Å². The van der Waals surface area contributed by atoms with Gasteiger partial charge in [-0.3, -0.25) is 9.89 Å². The van der Waals surface area contributed by atoms with Crippen molar-refractivity contribution in [3.8, 4) is 5.75 Å². The minimum absolute atomic E-state index is 0.0750. The molecule has 0 bridgehead atoms. The number of sulfonamides is 1. The van der Waals surface area contributed by atoms with E-state index in [2.05, 4.69) is 15.5 Å². The van der Waals surface area contributed by atoms with Crippen LogP contribution in [0.1, 0.15) is 27.2 Å². The number of nitrogens with one attached hydrogen (secondary N) is 2. The highest BCUT2D eigenvalue weighted by molar-refractivity contribution is 7.88. The number of anilines is 1. The molecular formula is C20H20N4O4S. The quantitative estimate of drug-likeness (QED) is 0.647. The van der Waals surface area contributed by atoms with E-state index in [4.69, 9.17) is 4.74 Å². The Hall–Kier alpha value is -3.17. The molecule has 1 aromatic heterocycles. The molecule has 29 heavy (non-hydrogen) atoms. The van der Waals surface area contributed by atoms with Crippen LogP contribution in [0.15, 0.2) is 54.6 Å². The summed E-state index contributed by atoms with van der Waals surface area (Å²) in [6.45, 7) is 0.352. The number of aromatic nitrogens is 2. The van der Waals surface area contributed by atoms with Crippen LogP contribution < -0.4 is 10.1 Å². The first-order valence-electron chi connectivity index (χ1n) is 9.00. The second kappa shape index (κ2) is 7.69. The molecule has 0 saturated heterocycles. The van der Waals surface area contributed by atoms with E-state index in [9.17, 15) is 13.2 Å². The fourth-order valence-electron chi connectivity index (χ4n) is 3.29. The molecule has 2 heterocycles. The van der Waals surface area contributed by atoms with Crippen molar-refractivity contribution in [3.63, 3.8) is 0 Å². The number of amides is 1. The number of fused-ring (bicyclic) bond motifs is 1. The van der Waals surface area contributed by atoms with Crippen LogP contribution in [0.4, 0.5) is 5.82 Å². The number of hydrogen-bond donors (Lipinski definition) is 2. The minimum atomic E-state index is -3.51. The predicted octanol–water partition coefficient (Wildman–Crippen LogP) is 2.52. The number of ether oxygens (including phenoxy) is 1. The molecule has 4 rings (SSSR count). The Bertz CT molecular complexity index is 1140. The first-order valence-corrected chi connectivity index (χ1v) is 10.6. The lowest BCUT2D eigenvalue weighted by Gasteiger charge is -2.16. The first kappa shape index (κ1) is 19.2. The van der Waals surface area contributed by atoms with Gasteiger partial charge in [0, 0.05) is 12.1 Å². The van der Waals surface area contributed by atoms with Gasteiger partial charge < -0.3 is 10.1 Å². The molecule has 2 N–H and O–H groups in total. The maximum Gasteiger partial charge on any atom is 0.260 e. The van der Waals surface area contributed by atoms with Gasteiger partial charge in [-0.1, -0.05) is 42.5 Å². The smallest absolute Gasteiger partial charge is 0.260 e. The van der Waals surface area contributed by atoms with Gasteiger partial charge in [-0.15, -0.1) is 0 Å². The Labute approximate surface area is 168 Å². The summed E-state index contributed by atoms with van der Waals surface area (Å²) in [6, 6.07) is 15.9. The summed E-state index contributed by atoms with van der Waals surface area (Å²) < 4.78 is 32.2. The third kappa shape index (κ3) is 3.87. The second-order valence-electron chi connectivity index (χ2n) is 6.69. The van der Waals surface area contributed by atoms with Crippen LogP contribution in [0.25, 0.3) is 0 Å². The van der Waals surface area contributed by atoms with Crippen LogP contribution in [0, 0.1) is 0 Å². The molecule has 3 aromatic rings. The van der Waals surface area contributed by atoms with Crippen molar-refractivity contribution in [1.29, 1.82) is 0 Å². The zero-order valence-electron chi connectivity index (χ0n) is 15.8. The van der Waals surface area contributed by atoms with Crippen molar-refractivity contribution in [3.05, 3.63) is 77.0 Å². The van der Waals surface area contributed by atoms with Crippen LogP contribution in [-0.2, 0) is 28.9 Å². The summed E-state index contributed by atoms with van der Waals surface area (Å²) in [5.41, 5.74) is 2.45. The minimum Gasteiger partial charge on any atom is -0.496 e. The van der Waals surface area contributed by atoms with Gasteiger partial charge >= 0.3 is 0 Å². The largest absolute Gasteiger partial charge is 0.496 e. The third-order valence-corrected chi connectivity index (χ3v) is 6.53. The number of rotatable bonds is 6. The average Bonchev–Trinajstić information content (AvgIpc) is 3.31. The number of carbonyl (C=O) groups is 1. The fraction of sp³-hybridized carbons (Fsp3) is 0.200. The number of carbonyl (C=O) groups excluding carboxylic acids is 1. The van der Waals surface area contributed by atoms with Crippen LogP contribution in [-0.4, -0.2) is 35.9 Å². The van der Waals surface area contributed by atoms with Crippen molar-refractivity contribution in [2.75, 3.05) is 12.4 Å². The Morgan fingerprint density at radius 3 is 2.62 bits per heavy atom. The van der Waals surface area contributed by atoms with E-state index in [1.807, 2.05) is 18.2 Å². The number of aromatic amines is 1. The summed E-state index contributed by atoms with van der Waals surface area (Å²) in [5.74, 6) is 0.328. The van der Waals surface area contributed by atoms with Crippen molar-refractivity contribution in [2.45, 2.75) is 18.8 Å². The normalized spacial score (nSPS) is 13.8. The molecule has 150 valence electrons. The standard InChI is InChI=1S/C20H20N4O4S/c1-28-18-10-6-5-9-15(18)20(25)21-19-16-11-24(12-17(16)22-23-19)29(26,27)13-14-7-3-2-4-8-14/h2-10H,11-13H2,1H3,(H2,21,22,23,25). The van der Waals surface area contributed by atoms with Crippen molar-refractivity contribution in [2.24, 2.45) is 0 Å². The highest BCUT2D eigenvalue weighted by Gasteiger charge is 2.33. The maximum atomic E-state index is 12.8. The number of H-pyrrole nitrogens is 1. The maximum absolute atomic E-state index is 12.8. The highest BCUT2D eigenvalue weighted by atomic mass is 32.2. The molecule has 9 heteroatoms. The zero-order chi connectivity index (χ0) is 20.4. The molecule has 0 fully saturated rings. The monoisotopic (exact) mass is 412 g/mol. The summed E-state index contributed by atoms with van der Waals surface area (Å²) in [7, 11) is -2.01. The van der Waals surface area contributed by atoms with E-state index >= 15 is 0 Å². The Balaban J connectivity index is 1.50. The number of hydrogen-bond acceptors (Lipinski definition) is 5. The first-order chi connectivity index (χ1) is 14.0. The van der Waals surface area contributed by atoms with Gasteiger partial charge in [-0.25, -0.2) is 8.42 Å². The van der Waals surface area contributed by atoms with E-state index in [0.29, 0.717) is 28.4 Å². The molecule has 0 atom stereocenters. The molecule has 0 saturated carbocycles. The van der Waals surface area contributed by atoms with E-state index < -0.39 is 10.0 Å². The van der Waals surface area contributed by atoms with Gasteiger partial charge in [0.05, 0.1) is 30.7 Å². The van der Waals surface area contributed by atoms with Crippen LogP contribution in [0.5, 0.6) is 5.75 Å². The molecule has 0 radical (unpaired) electrons. The summed E-state index contributed by atoms with van der Waals surface area (Å²) >= 11 is 0. The van der Waals surface area contributed by atoms with Gasteiger partial charge in [-0.2, -0.15) is 9.40 Å². The molecule has 1 aliphatic heterocycles. The van der Waals surface area contributed by atoms with Crippen LogP contribution >= 0.6 is 0 Å². The fourth-order valence-corrected chi connectivity index (χ4v) is 4.74. The average molecular weight is 412 g/mol. The van der Waals surface area contributed by atoms with Crippen molar-refractivity contribution in [1.82, 2.24) is 14.5 Å². The number of nitrogens with zero attached hydrogens (tertiary/aromatic N) is 2. The van der Waals surface area contributed by atoms with Gasteiger partial charge in [0.25, 0.3) is 5.91 Å². The van der Waals surface area contributed by atoms with E-state index in [1.54, 1.807) is 36.4 Å². The lowest BCUT2D eigenvalue weighted by Crippen LogP contribution is -2.27. The van der Waals surface area contributed by atoms with Gasteiger partial charge in [0.1, 0.15) is 5.75 Å². The molecule has 0 spiro atoms. The summed E-state index contributed by atoms with van der Waals surface area (Å²) in [6.07, 6.45) is 0. The van der Waals surface area contributed by atoms with E-state index in [1.165, 1.54) is 11.4 Å². The molecule has 0 unspecified atom stereocenters. The summed E-state index contributed by atoms with van der Waals surface area (Å²) in [5, 5.41) is 9.73. The molecule has 0 aliphatic carbocycles. The van der Waals surface area contributed by atoms with Gasteiger partial charge in [-0.05, 0) is 17.7 Å². The lowest BCUT2D eigenvalue weighted by atomic mass is 10.2. The topological polar surface area (TPSA) is 104 Å². The Kier molecular flexibility index (Phi) is 5.08. The summed E-state index contributed by atoms with van der Waals surface area (Å²) in [4.78, 5) is 12.6. The molecule has 8 nitrogen and oxygen atoms in total. The zero-order valence-corrected chi connectivity index (χ0v) is 16.6. The number of methoxy groups -OCH3 is 1. The number of benzene rings is 2. The SMILES string of the molecule is COc1ccccc1C(=O)Nc1n[nH]c2c1CN(S(=O)(=O)Cc1ccccc1)C2. The van der Waals surface area contributed by atoms with Gasteiger partial charge in [0.2, 0.25) is 10.0 Å². The van der Waals surface area contributed by atoms with Gasteiger partial charge in [0.15, 0.2) is 5.82 Å². The van der Waals surface area contributed by atoms with E-state index in [0.717, 1.165) is 5.56 Å². The third-order valence-electron chi connectivity index (χ3n) is 4.79. The molecule has 1 amide bonds. The van der Waals surface area contributed by atoms with Crippen LogP contribution in [0.3, 0.4) is 0 Å². The Morgan fingerprint density at radius 1 is 1.14 bits per heavy atom. The second-order valence-corrected chi connectivity index (χ2v) is 8.66. The molecular weight excluding hydrogens is 392 g/mol. The van der Waals surface area contributed by atoms with Crippen molar-refractivity contribution >= 4 is 21.7 Å². The van der Waals surface area contributed by atoms with Crippen molar-refractivity contribution < 1.29 is 17.9 Å². The molecule has 2 aromatic carbocycles.